The van der Waals surface area contributed by atoms with E-state index >= 15 is 0 Å². The van der Waals surface area contributed by atoms with E-state index in [9.17, 15) is 9.18 Å². The van der Waals surface area contributed by atoms with Crippen molar-refractivity contribution in [3.8, 4) is 0 Å². The number of hydrogen-bond acceptors (Lipinski definition) is 3. The van der Waals surface area contributed by atoms with Crippen LogP contribution in [0.1, 0.15) is 37.0 Å². The minimum atomic E-state index is -0.640. The normalized spacial score (nSPS) is 17.4. The van der Waals surface area contributed by atoms with Gasteiger partial charge in [-0.3, -0.25) is 14.7 Å². The molecule has 2 rings (SSSR count). The lowest BCUT2D eigenvalue weighted by atomic mass is 9.92. The molecule has 1 aliphatic rings. The van der Waals surface area contributed by atoms with Gasteiger partial charge < -0.3 is 0 Å². The van der Waals surface area contributed by atoms with Gasteiger partial charge in [-0.25, -0.2) is 4.39 Å². The summed E-state index contributed by atoms with van der Waals surface area (Å²) in [6.45, 7) is 5.54. The van der Waals surface area contributed by atoms with Crippen molar-refractivity contribution in [1.82, 2.24) is 9.88 Å². The Hall–Kier alpha value is -1.29. The molecule has 1 fully saturated rings. The summed E-state index contributed by atoms with van der Waals surface area (Å²) in [5.41, 5.74) is -0.504. The summed E-state index contributed by atoms with van der Waals surface area (Å²) < 4.78 is 13.6. The molecule has 3 nitrogen and oxygen atoms in total. The van der Waals surface area contributed by atoms with Gasteiger partial charge in [0.1, 0.15) is 0 Å². The molecule has 0 aromatic carbocycles. The first-order valence-electron chi connectivity index (χ1n) is 5.93. The Morgan fingerprint density at radius 3 is 2.65 bits per heavy atom. The second-order valence-corrected chi connectivity index (χ2v) is 4.94. The second-order valence-electron chi connectivity index (χ2n) is 4.94. The molecule has 0 aliphatic carbocycles. The summed E-state index contributed by atoms with van der Waals surface area (Å²) in [7, 11) is 0. The third-order valence-corrected chi connectivity index (χ3v) is 3.47. The van der Waals surface area contributed by atoms with Crippen LogP contribution in [0, 0.1) is 5.82 Å². The van der Waals surface area contributed by atoms with Gasteiger partial charge >= 0.3 is 0 Å². The largest absolute Gasteiger partial charge is 0.292 e. The summed E-state index contributed by atoms with van der Waals surface area (Å²) >= 11 is 0. The zero-order valence-electron chi connectivity index (χ0n) is 10.2. The number of hydrogen-bond donors (Lipinski definition) is 0. The van der Waals surface area contributed by atoms with Gasteiger partial charge in [0.05, 0.1) is 17.3 Å². The average molecular weight is 236 g/mol. The van der Waals surface area contributed by atoms with E-state index in [1.54, 1.807) is 0 Å². The lowest BCUT2D eigenvalue weighted by molar-refractivity contribution is 0.0698. The molecule has 4 heteroatoms. The highest BCUT2D eigenvalue weighted by Crippen LogP contribution is 2.25. The van der Waals surface area contributed by atoms with Gasteiger partial charge in [-0.15, -0.1) is 0 Å². The van der Waals surface area contributed by atoms with E-state index in [4.69, 9.17) is 0 Å². The van der Waals surface area contributed by atoms with Gasteiger partial charge in [-0.1, -0.05) is 0 Å². The maximum atomic E-state index is 13.6. The summed E-state index contributed by atoms with van der Waals surface area (Å²) in [6.07, 6.45) is 4.76. The number of carbonyl (C=O) groups is 1. The van der Waals surface area contributed by atoms with E-state index in [0.29, 0.717) is 0 Å². The number of halogens is 1. The Morgan fingerprint density at radius 2 is 2.06 bits per heavy atom. The van der Waals surface area contributed by atoms with Crippen molar-refractivity contribution in [2.24, 2.45) is 0 Å². The molecule has 0 atom stereocenters. The number of Topliss-reactive ketones (excluding diaryl/α,β-unsaturated/α-hetero) is 1. The molecular formula is C13H17FN2O. The Labute approximate surface area is 101 Å². The Balaban J connectivity index is 2.27. The minimum Gasteiger partial charge on any atom is -0.292 e. The topological polar surface area (TPSA) is 33.2 Å². The third-order valence-electron chi connectivity index (χ3n) is 3.47. The maximum absolute atomic E-state index is 13.6. The summed E-state index contributed by atoms with van der Waals surface area (Å²) in [5, 5.41) is 0. The van der Waals surface area contributed by atoms with Crippen molar-refractivity contribution in [1.29, 1.82) is 0 Å². The maximum Gasteiger partial charge on any atom is 0.185 e. The zero-order valence-corrected chi connectivity index (χ0v) is 10.2. The van der Waals surface area contributed by atoms with Crippen molar-refractivity contribution in [3.05, 3.63) is 29.8 Å². The molecule has 0 radical (unpaired) electrons. The van der Waals surface area contributed by atoms with Crippen LogP contribution >= 0.6 is 0 Å². The van der Waals surface area contributed by atoms with E-state index < -0.39 is 11.4 Å². The van der Waals surface area contributed by atoms with Gasteiger partial charge in [0.2, 0.25) is 0 Å². The van der Waals surface area contributed by atoms with Crippen LogP contribution in [0.4, 0.5) is 4.39 Å². The SMILES string of the molecule is CC(C)(C(=O)c1ccncc1F)N1CCCC1. The highest BCUT2D eigenvalue weighted by Gasteiger charge is 2.37. The van der Waals surface area contributed by atoms with Crippen LogP contribution in [0.2, 0.25) is 0 Å². The number of carbonyl (C=O) groups excluding carboxylic acids is 1. The van der Waals surface area contributed by atoms with Crippen LogP contribution in [-0.4, -0.2) is 34.3 Å². The lowest BCUT2D eigenvalue weighted by Crippen LogP contribution is -2.48. The molecule has 0 saturated carbocycles. The molecule has 0 unspecified atom stereocenters. The van der Waals surface area contributed by atoms with Crippen molar-refractivity contribution in [3.63, 3.8) is 0 Å². The molecule has 0 spiro atoms. The van der Waals surface area contributed by atoms with Crippen molar-refractivity contribution in [2.45, 2.75) is 32.2 Å². The number of nitrogens with zero attached hydrogens (tertiary/aromatic N) is 2. The van der Waals surface area contributed by atoms with Crippen LogP contribution in [0.5, 0.6) is 0 Å². The van der Waals surface area contributed by atoms with E-state index in [-0.39, 0.29) is 11.3 Å². The van der Waals surface area contributed by atoms with Gasteiger partial charge in [-0.05, 0) is 45.8 Å². The van der Waals surface area contributed by atoms with E-state index in [0.717, 1.165) is 32.1 Å². The van der Waals surface area contributed by atoms with Crippen LogP contribution < -0.4 is 0 Å². The smallest absolute Gasteiger partial charge is 0.185 e. The molecule has 17 heavy (non-hydrogen) atoms. The lowest BCUT2D eigenvalue weighted by Gasteiger charge is -2.33. The molecule has 1 aliphatic heterocycles. The Bertz CT molecular complexity index is 425. The minimum absolute atomic E-state index is 0.136. The standard InChI is InChI=1S/C13H17FN2O/c1-13(2,16-7-3-4-8-16)12(17)10-5-6-15-9-11(10)14/h5-6,9H,3-4,7-8H2,1-2H3. The van der Waals surface area contributed by atoms with Gasteiger partial charge in [0.15, 0.2) is 11.6 Å². The van der Waals surface area contributed by atoms with Crippen molar-refractivity contribution >= 4 is 5.78 Å². The fourth-order valence-corrected chi connectivity index (χ4v) is 2.31. The predicted octanol–water partition coefficient (Wildman–Crippen LogP) is 2.28. The zero-order chi connectivity index (χ0) is 12.5. The number of likely N-dealkylation sites (tertiary alicyclic amines) is 1. The molecule has 1 aromatic rings. The molecule has 1 saturated heterocycles. The quantitative estimate of drug-likeness (QED) is 0.755. The molecule has 1 aromatic heterocycles. The molecular weight excluding hydrogens is 219 g/mol. The molecule has 2 heterocycles. The first kappa shape index (κ1) is 12.2. The van der Waals surface area contributed by atoms with Crippen LogP contribution in [0.3, 0.4) is 0 Å². The fourth-order valence-electron chi connectivity index (χ4n) is 2.31. The van der Waals surface area contributed by atoms with Crippen LogP contribution in [-0.2, 0) is 0 Å². The average Bonchev–Trinajstić information content (AvgIpc) is 2.83. The number of aromatic nitrogens is 1. The van der Waals surface area contributed by atoms with Gasteiger partial charge in [0, 0.05) is 6.20 Å². The van der Waals surface area contributed by atoms with E-state index in [1.807, 2.05) is 13.8 Å². The first-order valence-corrected chi connectivity index (χ1v) is 5.93. The second kappa shape index (κ2) is 4.53. The predicted molar refractivity (Wildman–Crippen MR) is 63.4 cm³/mol. The summed E-state index contributed by atoms with van der Waals surface area (Å²) in [4.78, 5) is 18.2. The van der Waals surface area contributed by atoms with Crippen LogP contribution in [0.15, 0.2) is 18.5 Å². The molecule has 0 N–H and O–H groups in total. The van der Waals surface area contributed by atoms with Crippen molar-refractivity contribution in [2.75, 3.05) is 13.1 Å². The highest BCUT2D eigenvalue weighted by atomic mass is 19.1. The molecule has 0 bridgehead atoms. The monoisotopic (exact) mass is 236 g/mol. The van der Waals surface area contributed by atoms with Gasteiger partial charge in [-0.2, -0.15) is 0 Å². The first-order chi connectivity index (χ1) is 8.03. The summed E-state index contributed by atoms with van der Waals surface area (Å²) in [6, 6.07) is 1.45. The van der Waals surface area contributed by atoms with Gasteiger partial charge in [0.25, 0.3) is 0 Å². The number of ketones is 1. The molecule has 92 valence electrons. The Morgan fingerprint density at radius 1 is 1.41 bits per heavy atom. The fraction of sp³-hybridized carbons (Fsp3) is 0.538. The number of pyridine rings is 1. The molecule has 0 amide bonds. The third kappa shape index (κ3) is 2.22. The summed E-state index contributed by atoms with van der Waals surface area (Å²) in [5.74, 6) is -0.705. The highest BCUT2D eigenvalue weighted by molar-refractivity contribution is 6.02. The van der Waals surface area contributed by atoms with Crippen LogP contribution in [0.25, 0.3) is 0 Å². The van der Waals surface area contributed by atoms with E-state index in [1.165, 1.54) is 12.3 Å². The Kier molecular flexibility index (Phi) is 3.24. The number of rotatable bonds is 3. The van der Waals surface area contributed by atoms with E-state index in [2.05, 4.69) is 9.88 Å². The van der Waals surface area contributed by atoms with Crippen molar-refractivity contribution < 1.29 is 9.18 Å².